The van der Waals surface area contributed by atoms with Gasteiger partial charge in [-0.1, -0.05) is 28.1 Å². The van der Waals surface area contributed by atoms with Gasteiger partial charge in [0.05, 0.1) is 5.56 Å². The average Bonchev–Trinajstić information content (AvgIpc) is 2.38. The summed E-state index contributed by atoms with van der Waals surface area (Å²) in [5.74, 6) is 0.725. The molecular weight excluding hydrogens is 302 g/mol. The second-order valence-corrected chi connectivity index (χ2v) is 5.34. The molecule has 1 aromatic carbocycles. The van der Waals surface area contributed by atoms with Gasteiger partial charge in [-0.25, -0.2) is 4.98 Å². The Balaban J connectivity index is 2.28. The van der Waals surface area contributed by atoms with Crippen LogP contribution in [0.4, 0.5) is 5.82 Å². The molecule has 4 heteroatoms. The van der Waals surface area contributed by atoms with E-state index in [0.29, 0.717) is 12.1 Å². The summed E-state index contributed by atoms with van der Waals surface area (Å²) in [5.41, 5.74) is 2.76. The fraction of sp³-hybridized carbons (Fsp3) is 0.200. The van der Waals surface area contributed by atoms with E-state index in [2.05, 4.69) is 39.1 Å². The van der Waals surface area contributed by atoms with Crippen LogP contribution < -0.4 is 4.90 Å². The molecule has 19 heavy (non-hydrogen) atoms. The standard InChI is InChI=1S/C15H14BrN3/c1-11-6-7-18-15(14(11)9-17)19(2)10-12-4-3-5-13(16)8-12/h3-8H,10H2,1-2H3. The predicted octanol–water partition coefficient (Wildman–Crippen LogP) is 3.66. The molecule has 0 aliphatic heterocycles. The van der Waals surface area contributed by atoms with Gasteiger partial charge in [0.1, 0.15) is 11.9 Å². The van der Waals surface area contributed by atoms with Crippen molar-refractivity contribution in [2.24, 2.45) is 0 Å². The maximum absolute atomic E-state index is 9.23. The van der Waals surface area contributed by atoms with Crippen LogP contribution in [0.25, 0.3) is 0 Å². The van der Waals surface area contributed by atoms with Gasteiger partial charge in [0, 0.05) is 24.3 Å². The summed E-state index contributed by atoms with van der Waals surface area (Å²) < 4.78 is 1.05. The summed E-state index contributed by atoms with van der Waals surface area (Å²) in [6, 6.07) is 12.2. The van der Waals surface area contributed by atoms with Crippen molar-refractivity contribution >= 4 is 21.7 Å². The van der Waals surface area contributed by atoms with Crippen molar-refractivity contribution in [3.63, 3.8) is 0 Å². The van der Waals surface area contributed by atoms with Gasteiger partial charge >= 0.3 is 0 Å². The number of anilines is 1. The number of benzene rings is 1. The van der Waals surface area contributed by atoms with Crippen LogP contribution in [-0.2, 0) is 6.54 Å². The number of aryl methyl sites for hydroxylation is 1. The van der Waals surface area contributed by atoms with E-state index in [9.17, 15) is 5.26 Å². The summed E-state index contributed by atoms with van der Waals surface area (Å²) in [4.78, 5) is 6.31. The molecule has 0 radical (unpaired) electrons. The van der Waals surface area contributed by atoms with Crippen molar-refractivity contribution in [1.82, 2.24) is 4.98 Å². The van der Waals surface area contributed by atoms with Gasteiger partial charge in [0.25, 0.3) is 0 Å². The van der Waals surface area contributed by atoms with Crippen molar-refractivity contribution in [2.45, 2.75) is 13.5 Å². The van der Waals surface area contributed by atoms with E-state index >= 15 is 0 Å². The lowest BCUT2D eigenvalue weighted by Crippen LogP contribution is -2.19. The monoisotopic (exact) mass is 315 g/mol. The molecule has 0 spiro atoms. The first-order valence-electron chi connectivity index (χ1n) is 5.93. The van der Waals surface area contributed by atoms with Crippen LogP contribution in [0.1, 0.15) is 16.7 Å². The number of halogens is 1. The van der Waals surface area contributed by atoms with Crippen molar-refractivity contribution in [2.75, 3.05) is 11.9 Å². The van der Waals surface area contributed by atoms with Crippen LogP contribution in [0.3, 0.4) is 0 Å². The van der Waals surface area contributed by atoms with Gasteiger partial charge in [-0.05, 0) is 36.2 Å². The van der Waals surface area contributed by atoms with Crippen molar-refractivity contribution in [1.29, 1.82) is 5.26 Å². The number of hydrogen-bond acceptors (Lipinski definition) is 3. The number of aromatic nitrogens is 1. The molecule has 2 aromatic rings. The Morgan fingerprint density at radius 1 is 1.37 bits per heavy atom. The molecule has 0 fully saturated rings. The summed E-state index contributed by atoms with van der Waals surface area (Å²) in [6.45, 7) is 2.64. The second-order valence-electron chi connectivity index (χ2n) is 4.42. The smallest absolute Gasteiger partial charge is 0.146 e. The summed E-state index contributed by atoms with van der Waals surface area (Å²) in [5, 5.41) is 9.23. The second kappa shape index (κ2) is 5.85. The Bertz CT molecular complexity index is 632. The van der Waals surface area contributed by atoms with E-state index in [0.717, 1.165) is 15.9 Å². The zero-order chi connectivity index (χ0) is 13.8. The van der Waals surface area contributed by atoms with E-state index in [1.807, 2.05) is 37.1 Å². The largest absolute Gasteiger partial charge is 0.354 e. The maximum Gasteiger partial charge on any atom is 0.146 e. The molecule has 0 aliphatic carbocycles. The third-order valence-corrected chi connectivity index (χ3v) is 3.41. The SMILES string of the molecule is Cc1ccnc(N(C)Cc2cccc(Br)c2)c1C#N. The Labute approximate surface area is 121 Å². The lowest BCUT2D eigenvalue weighted by Gasteiger charge is -2.20. The number of nitrogens with zero attached hydrogens (tertiary/aromatic N) is 3. The molecule has 1 aromatic heterocycles. The number of rotatable bonds is 3. The first-order chi connectivity index (χ1) is 9.11. The van der Waals surface area contributed by atoms with Crippen LogP contribution in [-0.4, -0.2) is 12.0 Å². The highest BCUT2D eigenvalue weighted by molar-refractivity contribution is 9.10. The van der Waals surface area contributed by atoms with Gasteiger partial charge < -0.3 is 4.90 Å². The summed E-state index contributed by atoms with van der Waals surface area (Å²) >= 11 is 3.46. The molecule has 0 saturated heterocycles. The molecule has 96 valence electrons. The maximum atomic E-state index is 9.23. The molecule has 3 nitrogen and oxygen atoms in total. The molecule has 0 unspecified atom stereocenters. The molecule has 1 heterocycles. The molecule has 0 bridgehead atoms. The third kappa shape index (κ3) is 3.12. The highest BCUT2D eigenvalue weighted by Gasteiger charge is 2.11. The van der Waals surface area contributed by atoms with Crippen LogP contribution in [0.15, 0.2) is 41.0 Å². The Hall–Kier alpha value is -1.86. The molecule has 0 atom stereocenters. The van der Waals surface area contributed by atoms with E-state index in [-0.39, 0.29) is 0 Å². The molecule has 0 N–H and O–H groups in total. The van der Waals surface area contributed by atoms with Gasteiger partial charge in [-0.3, -0.25) is 0 Å². The Morgan fingerprint density at radius 2 is 2.16 bits per heavy atom. The van der Waals surface area contributed by atoms with Gasteiger partial charge in [-0.2, -0.15) is 5.26 Å². The Kier molecular flexibility index (Phi) is 4.18. The van der Waals surface area contributed by atoms with Gasteiger partial charge in [0.2, 0.25) is 0 Å². The van der Waals surface area contributed by atoms with E-state index < -0.39 is 0 Å². The Morgan fingerprint density at radius 3 is 2.84 bits per heavy atom. The summed E-state index contributed by atoms with van der Waals surface area (Å²) in [7, 11) is 1.95. The van der Waals surface area contributed by atoms with Crippen LogP contribution in [0.5, 0.6) is 0 Å². The van der Waals surface area contributed by atoms with Crippen LogP contribution >= 0.6 is 15.9 Å². The number of pyridine rings is 1. The highest BCUT2D eigenvalue weighted by Crippen LogP contribution is 2.21. The quantitative estimate of drug-likeness (QED) is 0.867. The average molecular weight is 316 g/mol. The third-order valence-electron chi connectivity index (χ3n) is 2.92. The highest BCUT2D eigenvalue weighted by atomic mass is 79.9. The molecule has 2 rings (SSSR count). The van der Waals surface area contributed by atoms with E-state index in [4.69, 9.17) is 0 Å². The molecular formula is C15H14BrN3. The minimum absolute atomic E-state index is 0.639. The normalized spacial score (nSPS) is 10.0. The van der Waals surface area contributed by atoms with E-state index in [1.165, 1.54) is 5.56 Å². The first-order valence-corrected chi connectivity index (χ1v) is 6.72. The zero-order valence-corrected chi connectivity index (χ0v) is 12.5. The van der Waals surface area contributed by atoms with Gasteiger partial charge in [-0.15, -0.1) is 0 Å². The van der Waals surface area contributed by atoms with Crippen LogP contribution in [0.2, 0.25) is 0 Å². The molecule has 0 amide bonds. The predicted molar refractivity (Wildman–Crippen MR) is 79.9 cm³/mol. The minimum Gasteiger partial charge on any atom is -0.354 e. The van der Waals surface area contributed by atoms with E-state index in [1.54, 1.807) is 6.20 Å². The number of nitriles is 1. The van der Waals surface area contributed by atoms with Crippen molar-refractivity contribution < 1.29 is 0 Å². The fourth-order valence-corrected chi connectivity index (χ4v) is 2.40. The topological polar surface area (TPSA) is 39.9 Å². The van der Waals surface area contributed by atoms with Crippen molar-refractivity contribution in [3.05, 3.63) is 57.7 Å². The first kappa shape index (κ1) is 13.6. The van der Waals surface area contributed by atoms with Crippen LogP contribution in [0, 0.1) is 18.3 Å². The number of hydrogen-bond donors (Lipinski definition) is 0. The minimum atomic E-state index is 0.639. The lowest BCUT2D eigenvalue weighted by atomic mass is 10.1. The zero-order valence-electron chi connectivity index (χ0n) is 10.9. The summed E-state index contributed by atoms with van der Waals surface area (Å²) in [6.07, 6.45) is 1.74. The molecule has 0 aliphatic rings. The molecule has 0 saturated carbocycles. The fourth-order valence-electron chi connectivity index (χ4n) is 1.96. The van der Waals surface area contributed by atoms with Gasteiger partial charge in [0.15, 0.2) is 0 Å². The van der Waals surface area contributed by atoms with Crippen molar-refractivity contribution in [3.8, 4) is 6.07 Å². The lowest BCUT2D eigenvalue weighted by molar-refractivity contribution is 0.892.